The van der Waals surface area contributed by atoms with Gasteiger partial charge in [-0.25, -0.2) is 4.98 Å². The Kier molecular flexibility index (Phi) is 2.69. The molecule has 2 aromatic rings. The molecule has 1 aromatic heterocycles. The summed E-state index contributed by atoms with van der Waals surface area (Å²) < 4.78 is 38.3. The van der Waals surface area contributed by atoms with Crippen LogP contribution in [0.4, 0.5) is 13.2 Å². The summed E-state index contributed by atoms with van der Waals surface area (Å²) in [5, 5.41) is 0. The molecule has 0 aliphatic carbocycles. The summed E-state index contributed by atoms with van der Waals surface area (Å²) in [5.41, 5.74) is 2.02. The van der Waals surface area contributed by atoms with Gasteiger partial charge in [-0.15, -0.1) is 0 Å². The normalized spacial score (nSPS) is 12.3. The lowest BCUT2D eigenvalue weighted by molar-refractivity contribution is -0.140. The zero-order valence-electron chi connectivity index (χ0n) is 8.35. The number of benzene rings is 1. The van der Waals surface area contributed by atoms with Crippen LogP contribution in [0.3, 0.4) is 0 Å². The third-order valence-corrected chi connectivity index (χ3v) is 2.80. The molecule has 16 heavy (non-hydrogen) atoms. The van der Waals surface area contributed by atoms with Gasteiger partial charge >= 0.3 is 6.18 Å². The summed E-state index contributed by atoms with van der Waals surface area (Å²) in [7, 11) is 0. The average Bonchev–Trinajstić information content (AvgIpc) is 2.40. The van der Waals surface area contributed by atoms with E-state index in [9.17, 15) is 13.2 Å². The molecule has 0 aliphatic heterocycles. The first kappa shape index (κ1) is 11.4. The minimum absolute atomic E-state index is 0.199. The number of alkyl halides is 3. The second-order valence-corrected chi connectivity index (χ2v) is 4.28. The van der Waals surface area contributed by atoms with E-state index in [1.807, 2.05) is 6.92 Å². The SMILES string of the molecule is Cc1ccc2c(c1)nc(Br)n2CC(F)(F)F. The van der Waals surface area contributed by atoms with Gasteiger partial charge < -0.3 is 4.57 Å². The van der Waals surface area contributed by atoms with Crippen LogP contribution >= 0.6 is 15.9 Å². The van der Waals surface area contributed by atoms with Gasteiger partial charge in [0, 0.05) is 0 Å². The van der Waals surface area contributed by atoms with Crippen molar-refractivity contribution in [3.63, 3.8) is 0 Å². The van der Waals surface area contributed by atoms with Gasteiger partial charge in [-0.2, -0.15) is 13.2 Å². The van der Waals surface area contributed by atoms with Crippen LogP contribution in [0.5, 0.6) is 0 Å². The number of imidazole rings is 1. The molecule has 1 aromatic carbocycles. The first-order valence-corrected chi connectivity index (χ1v) is 5.35. The standard InChI is InChI=1S/C10H8BrF3N2/c1-6-2-3-8-7(4-6)15-9(11)16(8)5-10(12,13)14/h2-4H,5H2,1H3. The highest BCUT2D eigenvalue weighted by Crippen LogP contribution is 2.26. The van der Waals surface area contributed by atoms with Gasteiger partial charge in [0.1, 0.15) is 6.54 Å². The molecule has 1 heterocycles. The zero-order valence-corrected chi connectivity index (χ0v) is 9.93. The molecule has 0 atom stereocenters. The predicted octanol–water partition coefficient (Wildman–Crippen LogP) is 3.67. The molecule has 0 saturated heterocycles. The molecule has 0 spiro atoms. The van der Waals surface area contributed by atoms with Crippen LogP contribution < -0.4 is 0 Å². The lowest BCUT2D eigenvalue weighted by atomic mass is 10.2. The molecule has 2 nitrogen and oxygen atoms in total. The van der Waals surface area contributed by atoms with E-state index in [0.717, 1.165) is 10.1 Å². The molecule has 0 saturated carbocycles. The summed E-state index contributed by atoms with van der Waals surface area (Å²) >= 11 is 3.04. The number of rotatable bonds is 1. The van der Waals surface area contributed by atoms with Crippen molar-refractivity contribution in [1.29, 1.82) is 0 Å². The van der Waals surface area contributed by atoms with Gasteiger partial charge in [0.25, 0.3) is 0 Å². The van der Waals surface area contributed by atoms with E-state index in [-0.39, 0.29) is 4.73 Å². The summed E-state index contributed by atoms with van der Waals surface area (Å²) in [4.78, 5) is 4.04. The van der Waals surface area contributed by atoms with Crippen LogP contribution in [-0.2, 0) is 6.54 Å². The van der Waals surface area contributed by atoms with Crippen molar-refractivity contribution in [2.45, 2.75) is 19.6 Å². The van der Waals surface area contributed by atoms with E-state index >= 15 is 0 Å². The second kappa shape index (κ2) is 3.76. The molecule has 0 unspecified atom stereocenters. The molecule has 0 bridgehead atoms. The van der Waals surface area contributed by atoms with Gasteiger partial charge in [0.05, 0.1) is 11.0 Å². The Hall–Kier alpha value is -1.04. The Morgan fingerprint density at radius 3 is 2.69 bits per heavy atom. The Morgan fingerprint density at radius 1 is 1.38 bits per heavy atom. The first-order valence-electron chi connectivity index (χ1n) is 4.56. The lowest BCUT2D eigenvalue weighted by Gasteiger charge is -2.09. The van der Waals surface area contributed by atoms with Crippen molar-refractivity contribution in [2.24, 2.45) is 0 Å². The molecular formula is C10H8BrF3N2. The maximum absolute atomic E-state index is 12.3. The average molecular weight is 293 g/mol. The second-order valence-electron chi connectivity index (χ2n) is 3.57. The minimum Gasteiger partial charge on any atom is -0.309 e. The number of fused-ring (bicyclic) bond motifs is 1. The maximum Gasteiger partial charge on any atom is 0.406 e. The number of hydrogen-bond donors (Lipinski definition) is 0. The maximum atomic E-state index is 12.3. The number of aromatic nitrogens is 2. The van der Waals surface area contributed by atoms with Crippen molar-refractivity contribution < 1.29 is 13.2 Å². The van der Waals surface area contributed by atoms with Gasteiger partial charge in [-0.3, -0.25) is 0 Å². The fourth-order valence-corrected chi connectivity index (χ4v) is 2.05. The molecular weight excluding hydrogens is 285 g/mol. The van der Waals surface area contributed by atoms with Crippen LogP contribution in [0, 0.1) is 6.92 Å². The van der Waals surface area contributed by atoms with E-state index in [4.69, 9.17) is 0 Å². The summed E-state index contributed by atoms with van der Waals surface area (Å²) in [6.45, 7) is 0.837. The van der Waals surface area contributed by atoms with Crippen LogP contribution in [0.15, 0.2) is 22.9 Å². The van der Waals surface area contributed by atoms with Crippen LogP contribution in [-0.4, -0.2) is 15.7 Å². The van der Waals surface area contributed by atoms with Crippen molar-refractivity contribution >= 4 is 27.0 Å². The topological polar surface area (TPSA) is 17.8 Å². The Bertz CT molecular complexity index is 531. The lowest BCUT2D eigenvalue weighted by Crippen LogP contribution is -2.17. The number of halogens is 4. The van der Waals surface area contributed by atoms with E-state index in [1.165, 1.54) is 0 Å². The monoisotopic (exact) mass is 292 g/mol. The third-order valence-electron chi connectivity index (χ3n) is 2.19. The largest absolute Gasteiger partial charge is 0.406 e. The number of nitrogens with zero attached hydrogens (tertiary/aromatic N) is 2. The first-order chi connectivity index (χ1) is 7.37. The molecule has 0 fully saturated rings. The fraction of sp³-hybridized carbons (Fsp3) is 0.300. The van der Waals surface area contributed by atoms with Gasteiger partial charge in [0.15, 0.2) is 4.73 Å². The molecule has 6 heteroatoms. The minimum atomic E-state index is -4.25. The van der Waals surface area contributed by atoms with E-state index in [1.54, 1.807) is 18.2 Å². The zero-order chi connectivity index (χ0) is 11.9. The number of aryl methyl sites for hydroxylation is 1. The summed E-state index contributed by atoms with van der Waals surface area (Å²) in [6, 6.07) is 5.17. The highest BCUT2D eigenvalue weighted by molar-refractivity contribution is 9.10. The van der Waals surface area contributed by atoms with Crippen molar-refractivity contribution in [1.82, 2.24) is 9.55 Å². The molecule has 86 valence electrons. The highest BCUT2D eigenvalue weighted by Gasteiger charge is 2.29. The van der Waals surface area contributed by atoms with Crippen LogP contribution in [0.1, 0.15) is 5.56 Å². The van der Waals surface area contributed by atoms with E-state index < -0.39 is 12.7 Å². The van der Waals surface area contributed by atoms with Gasteiger partial charge in [-0.1, -0.05) is 6.07 Å². The van der Waals surface area contributed by atoms with E-state index in [2.05, 4.69) is 20.9 Å². The van der Waals surface area contributed by atoms with Crippen LogP contribution in [0.25, 0.3) is 11.0 Å². The van der Waals surface area contributed by atoms with E-state index in [0.29, 0.717) is 11.0 Å². The third kappa shape index (κ3) is 2.21. The van der Waals surface area contributed by atoms with Crippen LogP contribution in [0.2, 0.25) is 0 Å². The van der Waals surface area contributed by atoms with Gasteiger partial charge in [-0.05, 0) is 40.5 Å². The Labute approximate surface area is 98.2 Å². The van der Waals surface area contributed by atoms with Crippen molar-refractivity contribution in [3.8, 4) is 0 Å². The van der Waals surface area contributed by atoms with Crippen molar-refractivity contribution in [2.75, 3.05) is 0 Å². The van der Waals surface area contributed by atoms with Crippen molar-refractivity contribution in [3.05, 3.63) is 28.5 Å². The predicted molar refractivity (Wildman–Crippen MR) is 58.2 cm³/mol. The summed E-state index contributed by atoms with van der Waals surface area (Å²) in [6.07, 6.45) is -4.25. The molecule has 0 N–H and O–H groups in total. The molecule has 0 radical (unpaired) electrons. The summed E-state index contributed by atoms with van der Waals surface area (Å²) in [5.74, 6) is 0. The Balaban J connectivity index is 2.56. The highest BCUT2D eigenvalue weighted by atomic mass is 79.9. The smallest absolute Gasteiger partial charge is 0.309 e. The quantitative estimate of drug-likeness (QED) is 0.784. The molecule has 0 aliphatic rings. The molecule has 0 amide bonds. The van der Waals surface area contributed by atoms with Gasteiger partial charge in [0.2, 0.25) is 0 Å². The fourth-order valence-electron chi connectivity index (χ4n) is 1.54. The number of hydrogen-bond acceptors (Lipinski definition) is 1. The Morgan fingerprint density at radius 2 is 2.06 bits per heavy atom. The molecule has 2 rings (SSSR count).